The number of carbonyl (C=O) groups excluding carboxylic acids is 3. The van der Waals surface area contributed by atoms with Crippen LogP contribution in [0.15, 0.2) is 12.2 Å². The van der Waals surface area contributed by atoms with Gasteiger partial charge in [-0.2, -0.15) is 0 Å². The van der Waals surface area contributed by atoms with Gasteiger partial charge in [0.15, 0.2) is 6.10 Å². The van der Waals surface area contributed by atoms with Crippen LogP contribution in [0, 0.1) is 0 Å². The van der Waals surface area contributed by atoms with Gasteiger partial charge in [-0.15, -0.1) is 0 Å². The zero-order valence-electron chi connectivity index (χ0n) is 46.2. The molecule has 0 aliphatic rings. The molecule has 1 atom stereocenters. The van der Waals surface area contributed by atoms with Gasteiger partial charge in [-0.05, 0) is 44.9 Å². The van der Waals surface area contributed by atoms with E-state index in [9.17, 15) is 14.4 Å². The number of allylic oxidation sites excluding steroid dienone is 2. The van der Waals surface area contributed by atoms with Crippen LogP contribution in [0.5, 0.6) is 0 Å². The fraction of sp³-hybridized carbons (Fsp3) is 0.919. The van der Waals surface area contributed by atoms with E-state index < -0.39 is 6.10 Å². The highest BCUT2D eigenvalue weighted by atomic mass is 16.6. The second-order valence-electron chi connectivity index (χ2n) is 21.0. The van der Waals surface area contributed by atoms with E-state index in [2.05, 4.69) is 32.9 Å². The molecule has 0 aromatic rings. The molecule has 0 aromatic carbocycles. The number of rotatable bonds is 57. The molecule has 0 rings (SSSR count). The summed E-state index contributed by atoms with van der Waals surface area (Å²) in [6, 6.07) is 0. The maximum Gasteiger partial charge on any atom is 0.306 e. The maximum absolute atomic E-state index is 12.8. The Morgan fingerprint density at radius 3 is 0.735 bits per heavy atom. The summed E-state index contributed by atoms with van der Waals surface area (Å²) in [5.74, 6) is -0.854. The van der Waals surface area contributed by atoms with E-state index in [0.29, 0.717) is 19.3 Å². The molecule has 68 heavy (non-hydrogen) atoms. The quantitative estimate of drug-likeness (QED) is 0.0262. The fourth-order valence-electron chi connectivity index (χ4n) is 9.38. The van der Waals surface area contributed by atoms with E-state index >= 15 is 0 Å². The van der Waals surface area contributed by atoms with Crippen LogP contribution >= 0.6 is 0 Å². The zero-order chi connectivity index (χ0) is 49.3. The Labute approximate surface area is 424 Å². The molecular formula is C62H118O6. The van der Waals surface area contributed by atoms with Gasteiger partial charge in [-0.1, -0.05) is 296 Å². The van der Waals surface area contributed by atoms with Crippen LogP contribution in [0.3, 0.4) is 0 Å². The zero-order valence-corrected chi connectivity index (χ0v) is 46.2. The molecule has 6 nitrogen and oxygen atoms in total. The minimum Gasteiger partial charge on any atom is -0.462 e. The van der Waals surface area contributed by atoms with Crippen LogP contribution in [0.2, 0.25) is 0 Å². The molecule has 6 heteroatoms. The molecule has 0 fully saturated rings. The second-order valence-corrected chi connectivity index (χ2v) is 21.0. The van der Waals surface area contributed by atoms with Gasteiger partial charge in [0, 0.05) is 19.3 Å². The summed E-state index contributed by atoms with van der Waals surface area (Å²) in [6.07, 6.45) is 66.6. The number of hydrogen-bond donors (Lipinski definition) is 0. The highest BCUT2D eigenvalue weighted by molar-refractivity contribution is 5.71. The monoisotopic (exact) mass is 959 g/mol. The molecule has 0 aliphatic heterocycles. The molecular weight excluding hydrogens is 841 g/mol. The van der Waals surface area contributed by atoms with Crippen LogP contribution in [0.25, 0.3) is 0 Å². The first kappa shape index (κ1) is 66.2. The van der Waals surface area contributed by atoms with Crippen molar-refractivity contribution >= 4 is 17.9 Å². The van der Waals surface area contributed by atoms with Gasteiger partial charge in [0.1, 0.15) is 13.2 Å². The molecule has 0 saturated carbocycles. The lowest BCUT2D eigenvalue weighted by Crippen LogP contribution is -2.30. The van der Waals surface area contributed by atoms with E-state index in [4.69, 9.17) is 14.2 Å². The van der Waals surface area contributed by atoms with Crippen molar-refractivity contribution in [2.45, 2.75) is 354 Å². The number of unbranched alkanes of at least 4 members (excludes halogenated alkanes) is 44. The summed E-state index contributed by atoms with van der Waals surface area (Å²) in [7, 11) is 0. The molecule has 0 saturated heterocycles. The van der Waals surface area contributed by atoms with E-state index in [1.807, 2.05) is 0 Å². The van der Waals surface area contributed by atoms with Crippen LogP contribution in [-0.2, 0) is 28.6 Å². The van der Waals surface area contributed by atoms with E-state index in [1.54, 1.807) is 0 Å². The first-order chi connectivity index (χ1) is 33.5. The third-order valence-corrected chi connectivity index (χ3v) is 14.0. The Balaban J connectivity index is 4.12. The Morgan fingerprint density at radius 2 is 0.485 bits per heavy atom. The van der Waals surface area contributed by atoms with Crippen molar-refractivity contribution in [1.29, 1.82) is 0 Å². The number of esters is 3. The van der Waals surface area contributed by atoms with Crippen LogP contribution in [-0.4, -0.2) is 37.2 Å². The van der Waals surface area contributed by atoms with Crippen molar-refractivity contribution in [2.75, 3.05) is 13.2 Å². The molecule has 0 amide bonds. The first-order valence-corrected chi connectivity index (χ1v) is 30.7. The largest absolute Gasteiger partial charge is 0.462 e. The van der Waals surface area contributed by atoms with E-state index in [0.717, 1.165) is 64.2 Å². The first-order valence-electron chi connectivity index (χ1n) is 30.7. The van der Waals surface area contributed by atoms with E-state index in [-0.39, 0.29) is 31.1 Å². The third-order valence-electron chi connectivity index (χ3n) is 14.0. The molecule has 0 heterocycles. The Kier molecular flexibility index (Phi) is 56.2. The minimum atomic E-state index is -0.768. The highest BCUT2D eigenvalue weighted by Gasteiger charge is 2.19. The van der Waals surface area contributed by atoms with Gasteiger partial charge in [0.05, 0.1) is 0 Å². The molecule has 0 aliphatic carbocycles. The van der Waals surface area contributed by atoms with Gasteiger partial charge < -0.3 is 14.2 Å². The summed E-state index contributed by atoms with van der Waals surface area (Å²) in [5.41, 5.74) is 0. The van der Waals surface area contributed by atoms with Gasteiger partial charge >= 0.3 is 17.9 Å². The van der Waals surface area contributed by atoms with Gasteiger partial charge in [0.25, 0.3) is 0 Å². The van der Waals surface area contributed by atoms with Crippen LogP contribution in [0.1, 0.15) is 348 Å². The smallest absolute Gasteiger partial charge is 0.306 e. The van der Waals surface area contributed by atoms with Crippen molar-refractivity contribution in [3.8, 4) is 0 Å². The van der Waals surface area contributed by atoms with E-state index in [1.165, 1.54) is 244 Å². The minimum absolute atomic E-state index is 0.0676. The van der Waals surface area contributed by atoms with Gasteiger partial charge in [0.2, 0.25) is 0 Å². The van der Waals surface area contributed by atoms with Crippen LogP contribution in [0.4, 0.5) is 0 Å². The predicted octanol–water partition coefficient (Wildman–Crippen LogP) is 20.5. The average Bonchev–Trinajstić information content (AvgIpc) is 3.34. The Morgan fingerprint density at radius 1 is 0.279 bits per heavy atom. The van der Waals surface area contributed by atoms with Gasteiger partial charge in [-0.25, -0.2) is 0 Å². The molecule has 0 bridgehead atoms. The Hall–Kier alpha value is -1.85. The molecule has 0 radical (unpaired) electrons. The second kappa shape index (κ2) is 57.7. The number of hydrogen-bond acceptors (Lipinski definition) is 6. The molecule has 1 unspecified atom stereocenters. The SMILES string of the molecule is CCCCCCC/C=C\CCCCCCCC(=O)OC(COC(=O)CCCCCCCCCCCC)COC(=O)CCCCCCCCCCCCCCCCCCCCCCCCCCCC. The number of carbonyl (C=O) groups is 3. The van der Waals surface area contributed by atoms with Crippen molar-refractivity contribution in [3.63, 3.8) is 0 Å². The van der Waals surface area contributed by atoms with Crippen molar-refractivity contribution in [3.05, 3.63) is 12.2 Å². The standard InChI is InChI=1S/C62H118O6/c1-4-7-10-13-16-19-22-24-26-27-28-29-30-31-32-33-34-35-36-37-39-40-43-46-49-52-55-61(64)67-58-59(57-66-60(63)54-51-48-45-42-21-18-15-12-9-6-3)68-62(65)56-53-50-47-44-41-38-25-23-20-17-14-11-8-5-2/h23,25,59H,4-22,24,26-58H2,1-3H3/b25-23-. The average molecular weight is 960 g/mol. The number of ether oxygens (including phenoxy) is 3. The lowest BCUT2D eigenvalue weighted by Gasteiger charge is -2.18. The third kappa shape index (κ3) is 55.1. The van der Waals surface area contributed by atoms with Crippen molar-refractivity contribution in [2.24, 2.45) is 0 Å². The summed E-state index contributed by atoms with van der Waals surface area (Å²) >= 11 is 0. The molecule has 0 spiro atoms. The summed E-state index contributed by atoms with van der Waals surface area (Å²) in [4.78, 5) is 38.1. The fourth-order valence-corrected chi connectivity index (χ4v) is 9.38. The molecule has 402 valence electrons. The van der Waals surface area contributed by atoms with Crippen LogP contribution < -0.4 is 0 Å². The van der Waals surface area contributed by atoms with Crippen molar-refractivity contribution in [1.82, 2.24) is 0 Å². The normalized spacial score (nSPS) is 12.0. The topological polar surface area (TPSA) is 78.9 Å². The lowest BCUT2D eigenvalue weighted by atomic mass is 10.0. The Bertz CT molecular complexity index is 1060. The summed E-state index contributed by atoms with van der Waals surface area (Å²) < 4.78 is 16.9. The summed E-state index contributed by atoms with van der Waals surface area (Å²) in [5, 5.41) is 0. The predicted molar refractivity (Wildman–Crippen MR) is 293 cm³/mol. The summed E-state index contributed by atoms with van der Waals surface area (Å²) in [6.45, 7) is 6.67. The lowest BCUT2D eigenvalue weighted by molar-refractivity contribution is -0.167. The van der Waals surface area contributed by atoms with Gasteiger partial charge in [-0.3, -0.25) is 14.4 Å². The van der Waals surface area contributed by atoms with Crippen molar-refractivity contribution < 1.29 is 28.6 Å². The maximum atomic E-state index is 12.8. The molecule has 0 aromatic heterocycles. The molecule has 0 N–H and O–H groups in total. The highest BCUT2D eigenvalue weighted by Crippen LogP contribution is 2.18.